The van der Waals surface area contributed by atoms with E-state index in [1.807, 2.05) is 18.2 Å². The Balaban J connectivity index is 1.50. The van der Waals surface area contributed by atoms with Gasteiger partial charge in [-0.25, -0.2) is 0 Å². The van der Waals surface area contributed by atoms with Gasteiger partial charge in [0.2, 0.25) is 5.91 Å². The number of hydrogen-bond donors (Lipinski definition) is 2. The lowest BCUT2D eigenvalue weighted by molar-refractivity contribution is -0.152. The number of amides is 2. The molecule has 1 aliphatic rings. The summed E-state index contributed by atoms with van der Waals surface area (Å²) in [6.07, 6.45) is 2.43. The van der Waals surface area contributed by atoms with Gasteiger partial charge in [-0.1, -0.05) is 18.2 Å². The van der Waals surface area contributed by atoms with Crippen molar-refractivity contribution in [2.45, 2.75) is 45.6 Å². The molecule has 0 fully saturated rings. The molecule has 2 N–H and O–H groups in total. The normalized spacial score (nSPS) is 13.4. The fourth-order valence-corrected chi connectivity index (χ4v) is 3.26. The van der Waals surface area contributed by atoms with Crippen molar-refractivity contribution in [3.8, 4) is 0 Å². The number of aryl methyl sites for hydroxylation is 2. The predicted octanol–water partition coefficient (Wildman–Crippen LogP) is 3.25. The van der Waals surface area contributed by atoms with Crippen LogP contribution in [0, 0.1) is 0 Å². The third kappa shape index (κ3) is 5.19. The maximum absolute atomic E-state index is 12.3. The molecule has 2 aromatic rings. The molecule has 0 unspecified atom stereocenters. The Kier molecular flexibility index (Phi) is 6.09. The van der Waals surface area contributed by atoms with E-state index in [9.17, 15) is 14.4 Å². The second kappa shape index (κ2) is 8.69. The maximum Gasteiger partial charge on any atom is 0.311 e. The van der Waals surface area contributed by atoms with Gasteiger partial charge in [-0.05, 0) is 67.1 Å². The van der Waals surface area contributed by atoms with Crippen LogP contribution >= 0.6 is 0 Å². The van der Waals surface area contributed by atoms with E-state index in [1.165, 1.54) is 18.1 Å². The van der Waals surface area contributed by atoms with Crippen molar-refractivity contribution in [1.82, 2.24) is 0 Å². The van der Waals surface area contributed by atoms with Crippen LogP contribution in [0.15, 0.2) is 42.5 Å². The first kappa shape index (κ1) is 19.6. The number of anilines is 2. The molecule has 0 aliphatic heterocycles. The largest absolute Gasteiger partial charge is 0.452 e. The molecule has 2 aromatic carbocycles. The molecule has 0 heterocycles. The molecule has 1 aliphatic carbocycles. The first-order valence-corrected chi connectivity index (χ1v) is 9.39. The number of rotatable bonds is 6. The first-order valence-electron chi connectivity index (χ1n) is 9.39. The second-order valence-electron chi connectivity index (χ2n) is 7.01. The van der Waals surface area contributed by atoms with Gasteiger partial charge in [0.1, 0.15) is 0 Å². The zero-order valence-corrected chi connectivity index (χ0v) is 16.1. The van der Waals surface area contributed by atoms with E-state index in [-0.39, 0.29) is 18.2 Å². The SMILES string of the molecule is CC(=O)Nc1ccc(CC(=O)O[C@H](C)C(=O)Nc2ccc3c(c2)CCC3)cc1. The molecule has 0 saturated carbocycles. The molecular weight excluding hydrogens is 356 g/mol. The summed E-state index contributed by atoms with van der Waals surface area (Å²) in [7, 11) is 0. The third-order valence-electron chi connectivity index (χ3n) is 4.67. The minimum absolute atomic E-state index is 0.0524. The van der Waals surface area contributed by atoms with Gasteiger partial charge in [0.25, 0.3) is 5.91 Å². The van der Waals surface area contributed by atoms with E-state index >= 15 is 0 Å². The number of hydrogen-bond acceptors (Lipinski definition) is 4. The van der Waals surface area contributed by atoms with E-state index in [1.54, 1.807) is 31.2 Å². The van der Waals surface area contributed by atoms with Crippen molar-refractivity contribution in [3.05, 3.63) is 59.2 Å². The molecule has 28 heavy (non-hydrogen) atoms. The Labute approximate surface area is 164 Å². The summed E-state index contributed by atoms with van der Waals surface area (Å²) in [6.45, 7) is 2.99. The standard InChI is InChI=1S/C22H24N2O4/c1-14(22(27)24-20-11-8-17-4-3-5-18(17)13-20)28-21(26)12-16-6-9-19(10-7-16)23-15(2)25/h6-11,13-14H,3-5,12H2,1-2H3,(H,23,25)(H,24,27)/t14-/m1/s1. The molecule has 1 atom stereocenters. The van der Waals surface area contributed by atoms with Crippen LogP contribution < -0.4 is 10.6 Å². The smallest absolute Gasteiger partial charge is 0.311 e. The van der Waals surface area contributed by atoms with Crippen LogP contribution in [-0.4, -0.2) is 23.9 Å². The van der Waals surface area contributed by atoms with Crippen LogP contribution in [0.5, 0.6) is 0 Å². The summed E-state index contributed by atoms with van der Waals surface area (Å²) in [5.74, 6) is -0.994. The van der Waals surface area contributed by atoms with Crippen LogP contribution in [0.4, 0.5) is 11.4 Å². The van der Waals surface area contributed by atoms with Crippen molar-refractivity contribution in [2.24, 2.45) is 0 Å². The average molecular weight is 380 g/mol. The summed E-state index contributed by atoms with van der Waals surface area (Å²) in [6, 6.07) is 12.8. The second-order valence-corrected chi connectivity index (χ2v) is 7.01. The predicted molar refractivity (Wildman–Crippen MR) is 107 cm³/mol. The number of fused-ring (bicyclic) bond motifs is 1. The topological polar surface area (TPSA) is 84.5 Å². The quantitative estimate of drug-likeness (QED) is 0.754. The Bertz CT molecular complexity index is 890. The van der Waals surface area contributed by atoms with Gasteiger partial charge >= 0.3 is 5.97 Å². The Morgan fingerprint density at radius 3 is 2.36 bits per heavy atom. The van der Waals surface area contributed by atoms with E-state index in [4.69, 9.17) is 4.74 Å². The van der Waals surface area contributed by atoms with Gasteiger partial charge in [-0.3, -0.25) is 14.4 Å². The minimum atomic E-state index is -0.889. The molecule has 0 radical (unpaired) electrons. The summed E-state index contributed by atoms with van der Waals surface area (Å²) in [4.78, 5) is 35.5. The molecule has 0 spiro atoms. The monoisotopic (exact) mass is 380 g/mol. The maximum atomic E-state index is 12.3. The number of carbonyl (C=O) groups is 3. The number of ether oxygens (including phenoxy) is 1. The van der Waals surface area contributed by atoms with E-state index in [2.05, 4.69) is 10.6 Å². The molecule has 0 aromatic heterocycles. The molecule has 0 bridgehead atoms. The molecular formula is C22H24N2O4. The summed E-state index contributed by atoms with van der Waals surface area (Å²) in [5, 5.41) is 5.47. The minimum Gasteiger partial charge on any atom is -0.452 e. The first-order chi connectivity index (χ1) is 13.4. The fourth-order valence-electron chi connectivity index (χ4n) is 3.26. The highest BCUT2D eigenvalue weighted by Crippen LogP contribution is 2.25. The van der Waals surface area contributed by atoms with E-state index in [0.29, 0.717) is 5.69 Å². The van der Waals surface area contributed by atoms with Crippen molar-refractivity contribution in [2.75, 3.05) is 10.6 Å². The number of esters is 1. The molecule has 6 nitrogen and oxygen atoms in total. The average Bonchev–Trinajstić information content (AvgIpc) is 3.10. The van der Waals surface area contributed by atoms with E-state index in [0.717, 1.165) is 30.5 Å². The number of carbonyl (C=O) groups excluding carboxylic acids is 3. The molecule has 0 saturated heterocycles. The lowest BCUT2D eigenvalue weighted by Crippen LogP contribution is -2.30. The van der Waals surface area contributed by atoms with Crippen molar-refractivity contribution >= 4 is 29.2 Å². The zero-order valence-electron chi connectivity index (χ0n) is 16.1. The summed E-state index contributed by atoms with van der Waals surface area (Å²) < 4.78 is 5.26. The lowest BCUT2D eigenvalue weighted by Gasteiger charge is -2.14. The van der Waals surface area contributed by atoms with Crippen molar-refractivity contribution in [3.63, 3.8) is 0 Å². The van der Waals surface area contributed by atoms with Gasteiger partial charge < -0.3 is 15.4 Å². The Hall–Kier alpha value is -3.15. The van der Waals surface area contributed by atoms with Crippen LogP contribution in [0.3, 0.4) is 0 Å². The summed E-state index contributed by atoms with van der Waals surface area (Å²) >= 11 is 0. The van der Waals surface area contributed by atoms with Crippen LogP contribution in [0.2, 0.25) is 0 Å². The van der Waals surface area contributed by atoms with Gasteiger partial charge in [-0.2, -0.15) is 0 Å². The highest BCUT2D eigenvalue weighted by Gasteiger charge is 2.19. The Morgan fingerprint density at radius 1 is 0.964 bits per heavy atom. The molecule has 146 valence electrons. The van der Waals surface area contributed by atoms with Crippen LogP contribution in [0.1, 0.15) is 37.0 Å². The van der Waals surface area contributed by atoms with E-state index < -0.39 is 12.1 Å². The van der Waals surface area contributed by atoms with Crippen LogP contribution in [0.25, 0.3) is 0 Å². The highest BCUT2D eigenvalue weighted by molar-refractivity contribution is 5.95. The van der Waals surface area contributed by atoms with Crippen molar-refractivity contribution < 1.29 is 19.1 Å². The van der Waals surface area contributed by atoms with Crippen molar-refractivity contribution in [1.29, 1.82) is 0 Å². The zero-order chi connectivity index (χ0) is 20.1. The third-order valence-corrected chi connectivity index (χ3v) is 4.67. The molecule has 3 rings (SSSR count). The summed E-state index contributed by atoms with van der Waals surface area (Å²) in [5.41, 5.74) is 4.73. The fraction of sp³-hybridized carbons (Fsp3) is 0.318. The van der Waals surface area contributed by atoms with Gasteiger partial charge in [0.15, 0.2) is 6.10 Å². The molecule has 6 heteroatoms. The Morgan fingerprint density at radius 2 is 1.64 bits per heavy atom. The van der Waals surface area contributed by atoms with Crippen LogP contribution in [-0.2, 0) is 38.4 Å². The number of nitrogens with one attached hydrogen (secondary N) is 2. The highest BCUT2D eigenvalue weighted by atomic mass is 16.5. The van der Waals surface area contributed by atoms with Gasteiger partial charge in [0.05, 0.1) is 6.42 Å². The van der Waals surface area contributed by atoms with Gasteiger partial charge in [-0.15, -0.1) is 0 Å². The van der Waals surface area contributed by atoms with Gasteiger partial charge in [0, 0.05) is 18.3 Å². The molecule has 2 amide bonds. The number of benzene rings is 2. The lowest BCUT2D eigenvalue weighted by atomic mass is 10.1.